The van der Waals surface area contributed by atoms with Crippen LogP contribution in [-0.2, 0) is 21.5 Å². The van der Waals surface area contributed by atoms with Crippen LogP contribution in [0.2, 0.25) is 0 Å². The average molecular weight is 303 g/mol. The van der Waals surface area contributed by atoms with Crippen LogP contribution < -0.4 is 0 Å². The SMILES string of the molecule is CCOC(=O)C(C)(C)n1c(C(=O)O)c(CC)c2ccccc21. The molecule has 0 radical (unpaired) electrons. The molecule has 0 atom stereocenters. The average Bonchev–Trinajstić information content (AvgIpc) is 2.82. The second kappa shape index (κ2) is 5.83. The fraction of sp³-hybridized carbons (Fsp3) is 0.412. The molecule has 0 unspecified atom stereocenters. The molecule has 2 rings (SSSR count). The molecule has 0 saturated heterocycles. The second-order valence-electron chi connectivity index (χ2n) is 5.62. The van der Waals surface area contributed by atoms with E-state index in [4.69, 9.17) is 4.74 Å². The van der Waals surface area contributed by atoms with Crippen LogP contribution >= 0.6 is 0 Å². The number of rotatable bonds is 5. The van der Waals surface area contributed by atoms with Crippen molar-refractivity contribution in [1.29, 1.82) is 0 Å². The van der Waals surface area contributed by atoms with Gasteiger partial charge in [0.25, 0.3) is 0 Å². The first-order chi connectivity index (χ1) is 10.4. The molecular weight excluding hydrogens is 282 g/mol. The van der Waals surface area contributed by atoms with Crippen LogP contribution in [0, 0.1) is 0 Å². The molecule has 1 heterocycles. The second-order valence-corrected chi connectivity index (χ2v) is 5.62. The number of benzene rings is 1. The lowest BCUT2D eigenvalue weighted by Gasteiger charge is -2.27. The molecule has 0 spiro atoms. The van der Waals surface area contributed by atoms with E-state index in [0.717, 1.165) is 16.5 Å². The Labute approximate surface area is 129 Å². The summed E-state index contributed by atoms with van der Waals surface area (Å²) in [7, 11) is 0. The predicted molar refractivity (Wildman–Crippen MR) is 84.2 cm³/mol. The van der Waals surface area contributed by atoms with E-state index in [1.54, 1.807) is 25.3 Å². The van der Waals surface area contributed by atoms with Crippen LogP contribution in [0.3, 0.4) is 0 Å². The number of esters is 1. The monoisotopic (exact) mass is 303 g/mol. The third-order valence-corrected chi connectivity index (χ3v) is 3.87. The van der Waals surface area contributed by atoms with Crippen molar-refractivity contribution < 1.29 is 19.4 Å². The minimum Gasteiger partial charge on any atom is -0.477 e. The molecule has 2 aromatic rings. The Bertz CT molecular complexity index is 728. The molecule has 0 aliphatic carbocycles. The highest BCUT2D eigenvalue weighted by Crippen LogP contribution is 2.33. The third kappa shape index (κ3) is 2.36. The number of nitrogens with zero attached hydrogens (tertiary/aromatic N) is 1. The summed E-state index contributed by atoms with van der Waals surface area (Å²) in [4.78, 5) is 24.2. The highest BCUT2D eigenvalue weighted by Gasteiger charge is 2.37. The van der Waals surface area contributed by atoms with Gasteiger partial charge in [-0.1, -0.05) is 25.1 Å². The number of hydrogen-bond acceptors (Lipinski definition) is 3. The van der Waals surface area contributed by atoms with Gasteiger partial charge < -0.3 is 14.4 Å². The van der Waals surface area contributed by atoms with Gasteiger partial charge in [-0.25, -0.2) is 9.59 Å². The molecule has 22 heavy (non-hydrogen) atoms. The first kappa shape index (κ1) is 16.1. The maximum Gasteiger partial charge on any atom is 0.352 e. The van der Waals surface area contributed by atoms with Gasteiger partial charge in [0.2, 0.25) is 0 Å². The number of aromatic nitrogens is 1. The number of para-hydroxylation sites is 1. The molecule has 1 N–H and O–H groups in total. The number of carbonyl (C=O) groups excluding carboxylic acids is 1. The van der Waals surface area contributed by atoms with Crippen LogP contribution in [0.5, 0.6) is 0 Å². The Morgan fingerprint density at radius 2 is 1.86 bits per heavy atom. The van der Waals surface area contributed by atoms with E-state index in [1.807, 2.05) is 31.2 Å². The van der Waals surface area contributed by atoms with E-state index in [9.17, 15) is 14.7 Å². The number of carbonyl (C=O) groups is 2. The molecule has 1 aromatic heterocycles. The number of hydrogen-bond donors (Lipinski definition) is 1. The van der Waals surface area contributed by atoms with Crippen molar-refractivity contribution in [2.24, 2.45) is 0 Å². The van der Waals surface area contributed by atoms with E-state index in [2.05, 4.69) is 0 Å². The maximum absolute atomic E-state index is 12.3. The normalized spacial score (nSPS) is 11.6. The summed E-state index contributed by atoms with van der Waals surface area (Å²) in [5.41, 5.74) is 0.522. The number of aromatic carboxylic acids is 1. The van der Waals surface area contributed by atoms with Crippen molar-refractivity contribution in [3.8, 4) is 0 Å². The first-order valence-corrected chi connectivity index (χ1v) is 7.39. The Morgan fingerprint density at radius 3 is 2.41 bits per heavy atom. The molecule has 0 amide bonds. The number of carboxylic acids is 1. The van der Waals surface area contributed by atoms with Gasteiger partial charge in [-0.2, -0.15) is 0 Å². The van der Waals surface area contributed by atoms with Gasteiger partial charge in [0.05, 0.1) is 12.1 Å². The molecular formula is C17H21NO4. The summed E-state index contributed by atoms with van der Waals surface area (Å²) in [5.74, 6) is -1.48. The highest BCUT2D eigenvalue weighted by molar-refractivity contribution is 6.00. The van der Waals surface area contributed by atoms with Crippen LogP contribution in [0.4, 0.5) is 0 Å². The topological polar surface area (TPSA) is 68.5 Å². The van der Waals surface area contributed by atoms with Gasteiger partial charge in [0.15, 0.2) is 0 Å². The quantitative estimate of drug-likeness (QED) is 0.861. The van der Waals surface area contributed by atoms with Gasteiger partial charge in [-0.3, -0.25) is 0 Å². The van der Waals surface area contributed by atoms with E-state index in [1.165, 1.54) is 0 Å². The summed E-state index contributed by atoms with van der Waals surface area (Å²) in [5, 5.41) is 10.5. The van der Waals surface area contributed by atoms with Gasteiger partial charge in [0, 0.05) is 5.39 Å². The summed E-state index contributed by atoms with van der Waals surface area (Å²) >= 11 is 0. The number of fused-ring (bicyclic) bond motifs is 1. The Morgan fingerprint density at radius 1 is 1.23 bits per heavy atom. The van der Waals surface area contributed by atoms with Crippen molar-refractivity contribution >= 4 is 22.8 Å². The molecule has 0 aliphatic heterocycles. The van der Waals surface area contributed by atoms with Crippen LogP contribution in [0.25, 0.3) is 10.9 Å². The largest absolute Gasteiger partial charge is 0.477 e. The molecule has 0 aliphatic rings. The van der Waals surface area contributed by atoms with Gasteiger partial charge in [-0.15, -0.1) is 0 Å². The Balaban J connectivity index is 2.85. The minimum atomic E-state index is -1.10. The molecule has 0 fully saturated rings. The minimum absolute atomic E-state index is 0.154. The fourth-order valence-electron chi connectivity index (χ4n) is 2.87. The van der Waals surface area contributed by atoms with E-state index in [-0.39, 0.29) is 12.3 Å². The standard InChI is InChI=1S/C17H21NO4/c1-5-11-12-9-7-8-10-13(12)18(14(11)15(19)20)17(3,4)16(21)22-6-2/h7-10H,5-6H2,1-4H3,(H,19,20). The van der Waals surface area contributed by atoms with Crippen molar-refractivity contribution in [3.63, 3.8) is 0 Å². The lowest BCUT2D eigenvalue weighted by atomic mass is 10.0. The van der Waals surface area contributed by atoms with Crippen molar-refractivity contribution in [1.82, 2.24) is 4.57 Å². The Kier molecular flexibility index (Phi) is 4.26. The number of aryl methyl sites for hydroxylation is 1. The molecule has 1 aromatic carbocycles. The smallest absolute Gasteiger partial charge is 0.352 e. The predicted octanol–water partition coefficient (Wildman–Crippen LogP) is 3.20. The maximum atomic E-state index is 12.3. The van der Waals surface area contributed by atoms with Gasteiger partial charge in [-0.05, 0) is 38.8 Å². The third-order valence-electron chi connectivity index (χ3n) is 3.87. The van der Waals surface area contributed by atoms with E-state index in [0.29, 0.717) is 6.42 Å². The summed E-state index contributed by atoms with van der Waals surface area (Å²) in [6.45, 7) is 7.27. The number of carboxylic acid groups (broad SMARTS) is 1. The van der Waals surface area contributed by atoms with E-state index < -0.39 is 17.5 Å². The summed E-state index contributed by atoms with van der Waals surface area (Å²) in [6, 6.07) is 7.43. The zero-order valence-corrected chi connectivity index (χ0v) is 13.3. The summed E-state index contributed by atoms with van der Waals surface area (Å²) < 4.78 is 6.72. The summed E-state index contributed by atoms with van der Waals surface area (Å²) in [6.07, 6.45) is 0.577. The molecule has 5 nitrogen and oxygen atoms in total. The molecule has 118 valence electrons. The lowest BCUT2D eigenvalue weighted by Crippen LogP contribution is -2.39. The lowest BCUT2D eigenvalue weighted by molar-refractivity contribution is -0.152. The van der Waals surface area contributed by atoms with Crippen LogP contribution in [0.1, 0.15) is 43.7 Å². The van der Waals surface area contributed by atoms with Crippen molar-refractivity contribution in [2.75, 3.05) is 6.61 Å². The van der Waals surface area contributed by atoms with Gasteiger partial charge in [0.1, 0.15) is 11.2 Å². The first-order valence-electron chi connectivity index (χ1n) is 7.39. The fourth-order valence-corrected chi connectivity index (χ4v) is 2.87. The molecule has 0 bridgehead atoms. The molecule has 0 saturated carbocycles. The van der Waals surface area contributed by atoms with E-state index >= 15 is 0 Å². The number of ether oxygens (including phenoxy) is 1. The van der Waals surface area contributed by atoms with Gasteiger partial charge >= 0.3 is 11.9 Å². The Hall–Kier alpha value is -2.30. The molecule has 5 heteroatoms. The zero-order valence-electron chi connectivity index (χ0n) is 13.3. The van der Waals surface area contributed by atoms with Crippen LogP contribution in [-0.4, -0.2) is 28.2 Å². The van der Waals surface area contributed by atoms with Crippen LogP contribution in [0.15, 0.2) is 24.3 Å². The zero-order chi connectivity index (χ0) is 16.5. The highest BCUT2D eigenvalue weighted by atomic mass is 16.5. The van der Waals surface area contributed by atoms with Crippen molar-refractivity contribution in [2.45, 2.75) is 39.7 Å². The van der Waals surface area contributed by atoms with Crippen molar-refractivity contribution in [3.05, 3.63) is 35.5 Å².